The van der Waals surface area contributed by atoms with Crippen LogP contribution in [0.2, 0.25) is 0 Å². The van der Waals surface area contributed by atoms with Crippen LogP contribution in [0.4, 0.5) is 0 Å². The SMILES string of the molecule is Brc1csc2c1OCCO2. The van der Waals surface area contributed by atoms with Crippen LogP contribution in [0, 0.1) is 0 Å². The van der Waals surface area contributed by atoms with E-state index in [9.17, 15) is 0 Å². The van der Waals surface area contributed by atoms with E-state index in [2.05, 4.69) is 15.9 Å². The second-order valence-corrected chi connectivity index (χ2v) is 3.59. The number of ether oxygens (including phenoxy) is 2. The Morgan fingerprint density at radius 2 is 2.20 bits per heavy atom. The highest BCUT2D eigenvalue weighted by Crippen LogP contribution is 2.42. The summed E-state index contributed by atoms with van der Waals surface area (Å²) in [6.45, 7) is 1.32. The number of hydrogen-bond acceptors (Lipinski definition) is 3. The fraction of sp³-hybridized carbons (Fsp3) is 0.333. The summed E-state index contributed by atoms with van der Waals surface area (Å²) in [6, 6.07) is 0. The van der Waals surface area contributed by atoms with Crippen LogP contribution in [-0.2, 0) is 0 Å². The smallest absolute Gasteiger partial charge is 0.218 e. The first-order valence-electron chi connectivity index (χ1n) is 2.90. The second-order valence-electron chi connectivity index (χ2n) is 1.90. The molecule has 0 saturated heterocycles. The van der Waals surface area contributed by atoms with Crippen molar-refractivity contribution in [2.45, 2.75) is 0 Å². The van der Waals surface area contributed by atoms with Gasteiger partial charge in [0.1, 0.15) is 13.2 Å². The molecule has 1 aromatic heterocycles. The molecule has 1 aliphatic heterocycles. The fourth-order valence-corrected chi connectivity index (χ4v) is 2.27. The first-order chi connectivity index (χ1) is 4.88. The van der Waals surface area contributed by atoms with Crippen molar-refractivity contribution in [2.75, 3.05) is 13.2 Å². The zero-order valence-electron chi connectivity index (χ0n) is 5.09. The number of hydrogen-bond donors (Lipinski definition) is 0. The lowest BCUT2D eigenvalue weighted by Crippen LogP contribution is -2.13. The van der Waals surface area contributed by atoms with E-state index in [-0.39, 0.29) is 0 Å². The monoisotopic (exact) mass is 220 g/mol. The number of thiophene rings is 1. The standard InChI is InChI=1S/C6H5BrO2S/c7-4-3-10-6-5(4)8-1-2-9-6/h3H,1-2H2. The quantitative estimate of drug-likeness (QED) is 0.669. The van der Waals surface area contributed by atoms with Gasteiger partial charge in [0.05, 0.1) is 4.47 Å². The zero-order valence-corrected chi connectivity index (χ0v) is 7.50. The molecule has 1 aliphatic rings. The van der Waals surface area contributed by atoms with Gasteiger partial charge in [0, 0.05) is 5.38 Å². The third-order valence-corrected chi connectivity index (χ3v) is 3.00. The van der Waals surface area contributed by atoms with E-state index in [4.69, 9.17) is 9.47 Å². The second kappa shape index (κ2) is 2.43. The summed E-state index contributed by atoms with van der Waals surface area (Å²) >= 11 is 4.92. The predicted octanol–water partition coefficient (Wildman–Crippen LogP) is 2.28. The van der Waals surface area contributed by atoms with Crippen molar-refractivity contribution in [1.29, 1.82) is 0 Å². The Morgan fingerprint density at radius 1 is 1.40 bits per heavy atom. The number of fused-ring (bicyclic) bond motifs is 1. The van der Waals surface area contributed by atoms with Crippen molar-refractivity contribution in [2.24, 2.45) is 0 Å². The molecule has 0 atom stereocenters. The van der Waals surface area contributed by atoms with Crippen molar-refractivity contribution < 1.29 is 9.47 Å². The van der Waals surface area contributed by atoms with Crippen LogP contribution in [0.5, 0.6) is 10.8 Å². The van der Waals surface area contributed by atoms with Gasteiger partial charge in [-0.25, -0.2) is 0 Å². The first kappa shape index (κ1) is 6.49. The highest BCUT2D eigenvalue weighted by atomic mass is 79.9. The van der Waals surface area contributed by atoms with Crippen LogP contribution in [-0.4, -0.2) is 13.2 Å². The molecular weight excluding hydrogens is 216 g/mol. The maximum atomic E-state index is 5.33. The van der Waals surface area contributed by atoms with Gasteiger partial charge in [-0.3, -0.25) is 0 Å². The van der Waals surface area contributed by atoms with E-state index >= 15 is 0 Å². The minimum atomic E-state index is 0.655. The van der Waals surface area contributed by atoms with E-state index in [1.807, 2.05) is 5.38 Å². The average molecular weight is 221 g/mol. The molecule has 2 heterocycles. The lowest BCUT2D eigenvalue weighted by molar-refractivity contribution is 0.177. The van der Waals surface area contributed by atoms with E-state index in [0.717, 1.165) is 15.3 Å². The van der Waals surface area contributed by atoms with Gasteiger partial charge < -0.3 is 9.47 Å². The van der Waals surface area contributed by atoms with Crippen LogP contribution in [0.3, 0.4) is 0 Å². The third kappa shape index (κ3) is 0.914. The summed E-state index contributed by atoms with van der Waals surface area (Å²) in [7, 11) is 0. The van der Waals surface area contributed by atoms with Gasteiger partial charge in [0.15, 0.2) is 5.75 Å². The van der Waals surface area contributed by atoms with Gasteiger partial charge in [0.2, 0.25) is 5.06 Å². The van der Waals surface area contributed by atoms with Gasteiger partial charge in [0.25, 0.3) is 0 Å². The highest BCUT2D eigenvalue weighted by molar-refractivity contribution is 9.10. The molecule has 0 aliphatic carbocycles. The molecule has 10 heavy (non-hydrogen) atoms. The van der Waals surface area contributed by atoms with Crippen LogP contribution in [0.1, 0.15) is 0 Å². The Kier molecular flexibility index (Phi) is 1.58. The van der Waals surface area contributed by atoms with Crippen LogP contribution >= 0.6 is 27.3 Å². The summed E-state index contributed by atoms with van der Waals surface area (Å²) in [5.41, 5.74) is 0. The van der Waals surface area contributed by atoms with Crippen LogP contribution in [0.15, 0.2) is 9.85 Å². The lowest BCUT2D eigenvalue weighted by atomic mass is 10.5. The Bertz CT molecular complexity index is 246. The van der Waals surface area contributed by atoms with Crippen molar-refractivity contribution in [1.82, 2.24) is 0 Å². The normalized spacial score (nSPS) is 15.3. The Labute approximate surface area is 70.9 Å². The van der Waals surface area contributed by atoms with E-state index in [0.29, 0.717) is 13.2 Å². The van der Waals surface area contributed by atoms with Crippen molar-refractivity contribution in [3.8, 4) is 10.8 Å². The molecule has 0 fully saturated rings. The molecule has 0 amide bonds. The first-order valence-corrected chi connectivity index (χ1v) is 4.58. The zero-order chi connectivity index (χ0) is 6.97. The maximum Gasteiger partial charge on any atom is 0.218 e. The van der Waals surface area contributed by atoms with Gasteiger partial charge >= 0.3 is 0 Å². The molecule has 54 valence electrons. The summed E-state index contributed by atoms with van der Waals surface area (Å²) < 4.78 is 11.6. The van der Waals surface area contributed by atoms with E-state index < -0.39 is 0 Å². The minimum Gasteiger partial charge on any atom is -0.484 e. The predicted molar refractivity (Wildman–Crippen MR) is 43.0 cm³/mol. The average Bonchev–Trinajstić information content (AvgIpc) is 2.34. The molecule has 0 N–H and O–H groups in total. The summed E-state index contributed by atoms with van der Waals surface area (Å²) in [6.07, 6.45) is 0. The van der Waals surface area contributed by atoms with E-state index in [1.54, 1.807) is 11.3 Å². The fourth-order valence-electron chi connectivity index (χ4n) is 0.815. The van der Waals surface area contributed by atoms with E-state index in [1.165, 1.54) is 0 Å². The molecule has 0 radical (unpaired) electrons. The summed E-state index contributed by atoms with van der Waals surface area (Å²) in [4.78, 5) is 0. The van der Waals surface area contributed by atoms with Gasteiger partial charge in [-0.05, 0) is 15.9 Å². The van der Waals surface area contributed by atoms with Crippen LogP contribution < -0.4 is 9.47 Å². The van der Waals surface area contributed by atoms with Crippen LogP contribution in [0.25, 0.3) is 0 Å². The molecule has 2 rings (SSSR count). The molecule has 4 heteroatoms. The molecule has 0 bridgehead atoms. The van der Waals surface area contributed by atoms with Crippen molar-refractivity contribution >= 4 is 27.3 Å². The van der Waals surface area contributed by atoms with Gasteiger partial charge in [-0.15, -0.1) is 11.3 Å². The highest BCUT2D eigenvalue weighted by Gasteiger charge is 2.16. The van der Waals surface area contributed by atoms with Crippen molar-refractivity contribution in [3.05, 3.63) is 9.85 Å². The maximum absolute atomic E-state index is 5.33. The topological polar surface area (TPSA) is 18.5 Å². The van der Waals surface area contributed by atoms with Crippen molar-refractivity contribution in [3.63, 3.8) is 0 Å². The number of rotatable bonds is 0. The Balaban J connectivity index is 2.45. The Morgan fingerprint density at radius 3 is 3.00 bits per heavy atom. The molecule has 1 aromatic rings. The number of halogens is 1. The molecule has 2 nitrogen and oxygen atoms in total. The molecule has 0 saturated carbocycles. The largest absolute Gasteiger partial charge is 0.484 e. The lowest BCUT2D eigenvalue weighted by Gasteiger charge is -2.13. The summed E-state index contributed by atoms with van der Waals surface area (Å²) in [5, 5.41) is 2.86. The van der Waals surface area contributed by atoms with Gasteiger partial charge in [-0.2, -0.15) is 0 Å². The molecule has 0 spiro atoms. The molecule has 0 unspecified atom stereocenters. The van der Waals surface area contributed by atoms with Gasteiger partial charge in [-0.1, -0.05) is 0 Å². The third-order valence-electron chi connectivity index (χ3n) is 1.23. The molecule has 0 aromatic carbocycles. The molecular formula is C6H5BrO2S. The minimum absolute atomic E-state index is 0.655. The summed E-state index contributed by atoms with van der Waals surface area (Å²) in [5.74, 6) is 0.858. The Hall–Kier alpha value is -0.220.